The van der Waals surface area contributed by atoms with Crippen LogP contribution >= 0.6 is 0 Å². The third kappa shape index (κ3) is 3.49. The molecule has 0 atom stereocenters. The van der Waals surface area contributed by atoms with E-state index in [1.807, 2.05) is 0 Å². The van der Waals surface area contributed by atoms with Gasteiger partial charge in [0.15, 0.2) is 5.82 Å². The van der Waals surface area contributed by atoms with E-state index < -0.39 is 6.09 Å². The van der Waals surface area contributed by atoms with Gasteiger partial charge in [-0.25, -0.2) is 9.78 Å². The number of carboxylic acid groups (broad SMARTS) is 1. The smallest absolute Gasteiger partial charge is 0.413 e. The maximum absolute atomic E-state index is 11.3. The van der Waals surface area contributed by atoms with Crippen molar-refractivity contribution in [2.75, 3.05) is 11.4 Å². The Bertz CT molecular complexity index is 430. The van der Waals surface area contributed by atoms with Gasteiger partial charge in [-0.05, 0) is 31.6 Å². The predicted molar refractivity (Wildman–Crippen MR) is 68.9 cm³/mol. The Balaban J connectivity index is 1.99. The van der Waals surface area contributed by atoms with Crippen LogP contribution < -0.4 is 4.90 Å². The molecule has 0 spiro atoms. The van der Waals surface area contributed by atoms with Gasteiger partial charge in [0.1, 0.15) is 6.29 Å². The summed E-state index contributed by atoms with van der Waals surface area (Å²) in [5, 5.41) is 9.26. The molecule has 0 saturated heterocycles. The van der Waals surface area contributed by atoms with Crippen LogP contribution in [0.25, 0.3) is 0 Å². The molecule has 1 saturated carbocycles. The van der Waals surface area contributed by atoms with Crippen LogP contribution in [0.15, 0.2) is 18.6 Å². The van der Waals surface area contributed by atoms with Crippen LogP contribution in [0, 0.1) is 11.8 Å². The monoisotopic (exact) mass is 263 g/mol. The molecule has 1 aromatic heterocycles. The average molecular weight is 263 g/mol. The zero-order valence-corrected chi connectivity index (χ0v) is 10.6. The molecule has 1 fully saturated rings. The quantitative estimate of drug-likeness (QED) is 0.839. The van der Waals surface area contributed by atoms with Crippen LogP contribution in [0.3, 0.4) is 0 Å². The Morgan fingerprint density at radius 1 is 1.37 bits per heavy atom. The van der Waals surface area contributed by atoms with Crippen molar-refractivity contribution in [1.29, 1.82) is 0 Å². The van der Waals surface area contributed by atoms with Gasteiger partial charge in [0.05, 0.1) is 6.20 Å². The molecule has 1 heterocycles. The highest BCUT2D eigenvalue weighted by Crippen LogP contribution is 2.29. The Hall–Kier alpha value is -1.98. The molecule has 1 aromatic rings. The van der Waals surface area contributed by atoms with Gasteiger partial charge in [-0.1, -0.05) is 0 Å². The van der Waals surface area contributed by atoms with E-state index in [2.05, 4.69) is 9.97 Å². The van der Waals surface area contributed by atoms with E-state index in [1.54, 1.807) is 0 Å². The second kappa shape index (κ2) is 6.26. The van der Waals surface area contributed by atoms with Gasteiger partial charge in [-0.15, -0.1) is 0 Å². The minimum Gasteiger partial charge on any atom is -0.465 e. The average Bonchev–Trinajstić information content (AvgIpc) is 2.46. The number of nitrogens with zero attached hydrogens (tertiary/aromatic N) is 3. The number of aromatic nitrogens is 2. The molecule has 6 heteroatoms. The van der Waals surface area contributed by atoms with Gasteiger partial charge >= 0.3 is 6.09 Å². The summed E-state index contributed by atoms with van der Waals surface area (Å²) in [6.45, 7) is 0.416. The first-order valence-electron chi connectivity index (χ1n) is 6.42. The molecule has 0 bridgehead atoms. The summed E-state index contributed by atoms with van der Waals surface area (Å²) in [4.78, 5) is 31.1. The summed E-state index contributed by atoms with van der Waals surface area (Å²) in [6.07, 6.45) is 7.90. The number of hydrogen-bond acceptors (Lipinski definition) is 4. The Labute approximate surface area is 111 Å². The maximum Gasteiger partial charge on any atom is 0.413 e. The molecular formula is C13H17N3O3. The number of anilines is 1. The second-order valence-electron chi connectivity index (χ2n) is 4.87. The standard InChI is InChI=1S/C13H17N3O3/c17-9-11-3-1-10(2-4-11)8-16(13(18)19)12-7-14-5-6-15-12/h5-7,9-11H,1-4,8H2,(H,18,19). The van der Waals surface area contributed by atoms with Crippen LogP contribution in [-0.2, 0) is 4.79 Å². The molecule has 1 aliphatic carbocycles. The lowest BCUT2D eigenvalue weighted by atomic mass is 9.82. The normalized spacial score (nSPS) is 22.7. The molecule has 1 amide bonds. The van der Waals surface area contributed by atoms with Crippen LogP contribution in [0.2, 0.25) is 0 Å². The van der Waals surface area contributed by atoms with E-state index in [4.69, 9.17) is 0 Å². The van der Waals surface area contributed by atoms with Gasteiger partial charge in [-0.2, -0.15) is 0 Å². The maximum atomic E-state index is 11.3. The number of hydrogen-bond donors (Lipinski definition) is 1. The number of aldehydes is 1. The molecule has 0 unspecified atom stereocenters. The summed E-state index contributed by atoms with van der Waals surface area (Å²) in [5.74, 6) is 0.785. The van der Waals surface area contributed by atoms with Crippen molar-refractivity contribution in [2.45, 2.75) is 25.7 Å². The van der Waals surface area contributed by atoms with Gasteiger partial charge < -0.3 is 9.90 Å². The van der Waals surface area contributed by atoms with Gasteiger partial charge in [0, 0.05) is 24.9 Å². The highest BCUT2D eigenvalue weighted by atomic mass is 16.4. The minimum absolute atomic E-state index is 0.144. The van der Waals surface area contributed by atoms with E-state index in [0.29, 0.717) is 12.4 Å². The number of rotatable bonds is 4. The van der Waals surface area contributed by atoms with Crippen molar-refractivity contribution in [3.05, 3.63) is 18.6 Å². The summed E-state index contributed by atoms with van der Waals surface area (Å²) >= 11 is 0. The fourth-order valence-corrected chi connectivity index (χ4v) is 2.47. The molecule has 0 aliphatic heterocycles. The third-order valence-corrected chi connectivity index (χ3v) is 3.58. The molecule has 19 heavy (non-hydrogen) atoms. The summed E-state index contributed by atoms with van der Waals surface area (Å²) in [6, 6.07) is 0. The molecule has 0 radical (unpaired) electrons. The molecular weight excluding hydrogens is 246 g/mol. The highest BCUT2D eigenvalue weighted by Gasteiger charge is 2.25. The fourth-order valence-electron chi connectivity index (χ4n) is 2.47. The third-order valence-electron chi connectivity index (χ3n) is 3.58. The Morgan fingerprint density at radius 3 is 2.63 bits per heavy atom. The largest absolute Gasteiger partial charge is 0.465 e. The van der Waals surface area contributed by atoms with Gasteiger partial charge in [-0.3, -0.25) is 9.88 Å². The predicted octanol–water partition coefficient (Wildman–Crippen LogP) is 1.97. The van der Waals surface area contributed by atoms with Gasteiger partial charge in [0.25, 0.3) is 0 Å². The molecule has 1 aliphatic rings. The van der Waals surface area contributed by atoms with Crippen LogP contribution in [0.5, 0.6) is 0 Å². The van der Waals surface area contributed by atoms with Crippen molar-refractivity contribution in [1.82, 2.24) is 9.97 Å². The number of amides is 1. The van der Waals surface area contributed by atoms with Crippen LogP contribution in [-0.4, -0.2) is 34.0 Å². The number of carbonyl (C=O) groups excluding carboxylic acids is 1. The summed E-state index contributed by atoms with van der Waals surface area (Å²) < 4.78 is 0. The van der Waals surface area contributed by atoms with E-state index in [1.165, 1.54) is 23.5 Å². The topological polar surface area (TPSA) is 83.4 Å². The van der Waals surface area contributed by atoms with Crippen molar-refractivity contribution >= 4 is 18.2 Å². The van der Waals surface area contributed by atoms with Crippen LogP contribution in [0.1, 0.15) is 25.7 Å². The van der Waals surface area contributed by atoms with E-state index in [9.17, 15) is 14.7 Å². The van der Waals surface area contributed by atoms with Crippen LogP contribution in [0.4, 0.5) is 10.6 Å². The van der Waals surface area contributed by atoms with Crippen molar-refractivity contribution in [2.24, 2.45) is 11.8 Å². The first-order valence-corrected chi connectivity index (χ1v) is 6.42. The second-order valence-corrected chi connectivity index (χ2v) is 4.87. The summed E-state index contributed by atoms with van der Waals surface area (Å²) in [7, 11) is 0. The zero-order chi connectivity index (χ0) is 13.7. The number of carbonyl (C=O) groups is 2. The van der Waals surface area contributed by atoms with Gasteiger partial charge in [0.2, 0.25) is 0 Å². The van der Waals surface area contributed by atoms with E-state index in [0.717, 1.165) is 32.0 Å². The summed E-state index contributed by atoms with van der Waals surface area (Å²) in [5.41, 5.74) is 0. The SMILES string of the molecule is O=CC1CCC(CN(C(=O)O)c2cnccn2)CC1. The van der Waals surface area contributed by atoms with E-state index >= 15 is 0 Å². The molecule has 6 nitrogen and oxygen atoms in total. The van der Waals surface area contributed by atoms with Crippen molar-refractivity contribution in [3.8, 4) is 0 Å². The first kappa shape index (κ1) is 13.5. The first-order chi connectivity index (χ1) is 9.20. The highest BCUT2D eigenvalue weighted by molar-refractivity contribution is 5.84. The van der Waals surface area contributed by atoms with Crippen molar-refractivity contribution in [3.63, 3.8) is 0 Å². The van der Waals surface area contributed by atoms with E-state index in [-0.39, 0.29) is 11.8 Å². The molecule has 1 N–H and O–H groups in total. The lowest BCUT2D eigenvalue weighted by Gasteiger charge is -2.29. The molecule has 2 rings (SSSR count). The Morgan fingerprint density at radius 2 is 2.11 bits per heavy atom. The molecule has 0 aromatic carbocycles. The lowest BCUT2D eigenvalue weighted by molar-refractivity contribution is -0.112. The zero-order valence-electron chi connectivity index (χ0n) is 10.6. The molecule has 102 valence electrons. The minimum atomic E-state index is -1.02. The fraction of sp³-hybridized carbons (Fsp3) is 0.538. The Kier molecular flexibility index (Phi) is 4.43. The lowest BCUT2D eigenvalue weighted by Crippen LogP contribution is -2.36. The van der Waals surface area contributed by atoms with Crippen molar-refractivity contribution < 1.29 is 14.7 Å².